The minimum absolute atomic E-state index is 0.0899. The van der Waals surface area contributed by atoms with Crippen LogP contribution in [0, 0.1) is 0 Å². The average Bonchev–Trinajstić information content (AvgIpc) is 2.63. The van der Waals surface area contributed by atoms with Crippen molar-refractivity contribution in [2.75, 3.05) is 17.2 Å². The molecule has 0 aliphatic heterocycles. The van der Waals surface area contributed by atoms with Crippen LogP contribution < -0.4 is 10.6 Å². The maximum absolute atomic E-state index is 11.8. The van der Waals surface area contributed by atoms with Crippen molar-refractivity contribution in [2.45, 2.75) is 12.8 Å². The van der Waals surface area contributed by atoms with Gasteiger partial charge in [-0.15, -0.1) is 0 Å². The van der Waals surface area contributed by atoms with Crippen molar-refractivity contribution >= 4 is 68.3 Å². The van der Waals surface area contributed by atoms with Crippen LogP contribution in [0.1, 0.15) is 12.8 Å². The predicted octanol–water partition coefficient (Wildman–Crippen LogP) is 4.66. The van der Waals surface area contributed by atoms with Crippen molar-refractivity contribution in [3.8, 4) is 0 Å². The number of carbonyl (C=O) groups is 3. The van der Waals surface area contributed by atoms with E-state index in [2.05, 4.69) is 26.6 Å². The number of amides is 2. The van der Waals surface area contributed by atoms with E-state index in [4.69, 9.17) is 27.9 Å². The summed E-state index contributed by atoms with van der Waals surface area (Å²) in [5.41, 5.74) is 1.05. The van der Waals surface area contributed by atoms with Gasteiger partial charge in [-0.25, -0.2) is 0 Å². The fraction of sp³-hybridized carbons (Fsp3) is 0.167. The van der Waals surface area contributed by atoms with E-state index in [1.165, 1.54) is 6.07 Å². The van der Waals surface area contributed by atoms with Gasteiger partial charge in [0.25, 0.3) is 5.91 Å². The highest BCUT2D eigenvalue weighted by molar-refractivity contribution is 9.10. The van der Waals surface area contributed by atoms with Gasteiger partial charge in [-0.1, -0.05) is 39.1 Å². The van der Waals surface area contributed by atoms with Gasteiger partial charge in [0.1, 0.15) is 0 Å². The standard InChI is InChI=1S/C18H15BrCl2N2O4/c19-11-1-3-12(4-2-11)22-17(25)10-27-18(26)8-7-16(24)23-13-5-6-14(20)15(21)9-13/h1-6,9H,7-8,10H2,(H,22,25)(H,23,24). The highest BCUT2D eigenvalue weighted by atomic mass is 79.9. The molecule has 0 unspecified atom stereocenters. The van der Waals surface area contributed by atoms with Crippen molar-refractivity contribution in [1.82, 2.24) is 0 Å². The predicted molar refractivity (Wildman–Crippen MR) is 108 cm³/mol. The van der Waals surface area contributed by atoms with Gasteiger partial charge in [0, 0.05) is 22.3 Å². The summed E-state index contributed by atoms with van der Waals surface area (Å²) in [4.78, 5) is 35.3. The Morgan fingerprint density at radius 3 is 2.15 bits per heavy atom. The molecule has 2 N–H and O–H groups in total. The molecule has 2 amide bonds. The maximum atomic E-state index is 11.8. The van der Waals surface area contributed by atoms with Crippen molar-refractivity contribution in [1.29, 1.82) is 0 Å². The first-order valence-electron chi connectivity index (χ1n) is 7.79. The normalized spacial score (nSPS) is 10.2. The first-order chi connectivity index (χ1) is 12.8. The van der Waals surface area contributed by atoms with E-state index in [1.54, 1.807) is 36.4 Å². The zero-order valence-corrected chi connectivity index (χ0v) is 17.0. The third kappa shape index (κ3) is 7.58. The van der Waals surface area contributed by atoms with Gasteiger partial charge < -0.3 is 15.4 Å². The number of esters is 1. The molecule has 2 rings (SSSR count). The van der Waals surface area contributed by atoms with Crippen molar-refractivity contribution in [3.63, 3.8) is 0 Å². The van der Waals surface area contributed by atoms with Crippen LogP contribution >= 0.6 is 39.1 Å². The number of hydrogen-bond acceptors (Lipinski definition) is 4. The van der Waals surface area contributed by atoms with Crippen LogP contribution in [0.2, 0.25) is 10.0 Å². The first-order valence-corrected chi connectivity index (χ1v) is 9.34. The van der Waals surface area contributed by atoms with E-state index in [-0.39, 0.29) is 18.7 Å². The fourth-order valence-corrected chi connectivity index (χ4v) is 2.52. The number of halogens is 3. The van der Waals surface area contributed by atoms with Gasteiger partial charge in [-0.2, -0.15) is 0 Å². The van der Waals surface area contributed by atoms with Crippen LogP contribution in [-0.2, 0) is 19.1 Å². The molecule has 0 bridgehead atoms. The number of nitrogens with one attached hydrogen (secondary N) is 2. The Morgan fingerprint density at radius 1 is 0.852 bits per heavy atom. The molecule has 6 nitrogen and oxygen atoms in total. The highest BCUT2D eigenvalue weighted by Gasteiger charge is 2.11. The highest BCUT2D eigenvalue weighted by Crippen LogP contribution is 2.25. The third-order valence-electron chi connectivity index (χ3n) is 3.25. The molecular formula is C18H15BrCl2N2O4. The van der Waals surface area contributed by atoms with Gasteiger partial charge in [0.2, 0.25) is 5.91 Å². The fourth-order valence-electron chi connectivity index (χ4n) is 1.96. The van der Waals surface area contributed by atoms with Crippen LogP contribution in [0.5, 0.6) is 0 Å². The molecule has 0 saturated carbocycles. The number of rotatable bonds is 7. The molecule has 142 valence electrons. The van der Waals surface area contributed by atoms with E-state index in [0.29, 0.717) is 21.4 Å². The third-order valence-corrected chi connectivity index (χ3v) is 4.52. The Labute approximate surface area is 174 Å². The van der Waals surface area contributed by atoms with Crippen LogP contribution in [0.3, 0.4) is 0 Å². The van der Waals surface area contributed by atoms with Gasteiger partial charge in [-0.3, -0.25) is 14.4 Å². The summed E-state index contributed by atoms with van der Waals surface area (Å²) in [7, 11) is 0. The molecular weight excluding hydrogens is 459 g/mol. The molecule has 27 heavy (non-hydrogen) atoms. The number of anilines is 2. The number of benzene rings is 2. The van der Waals surface area contributed by atoms with Gasteiger partial charge >= 0.3 is 5.97 Å². The van der Waals surface area contributed by atoms with E-state index in [9.17, 15) is 14.4 Å². The second kappa shape index (κ2) is 10.3. The summed E-state index contributed by atoms with van der Waals surface area (Å²) >= 11 is 15.0. The number of carbonyl (C=O) groups excluding carboxylic acids is 3. The lowest BCUT2D eigenvalue weighted by Crippen LogP contribution is -2.21. The average molecular weight is 474 g/mol. The minimum Gasteiger partial charge on any atom is -0.456 e. The Morgan fingerprint density at radius 2 is 1.48 bits per heavy atom. The van der Waals surface area contributed by atoms with Crippen LogP contribution in [0.15, 0.2) is 46.9 Å². The lowest BCUT2D eigenvalue weighted by Gasteiger charge is -2.08. The van der Waals surface area contributed by atoms with E-state index < -0.39 is 18.5 Å². The number of ether oxygens (including phenoxy) is 1. The molecule has 0 fully saturated rings. The Kier molecular flexibility index (Phi) is 8.09. The quantitative estimate of drug-likeness (QED) is 0.573. The summed E-state index contributed by atoms with van der Waals surface area (Å²) in [5, 5.41) is 5.87. The van der Waals surface area contributed by atoms with Gasteiger partial charge in [0.05, 0.1) is 16.5 Å². The molecule has 0 atom stereocenters. The summed E-state index contributed by atoms with van der Waals surface area (Å²) < 4.78 is 5.74. The van der Waals surface area contributed by atoms with E-state index >= 15 is 0 Å². The summed E-state index contributed by atoms with van der Waals surface area (Å²) in [6.07, 6.45) is -0.244. The summed E-state index contributed by atoms with van der Waals surface area (Å²) in [6, 6.07) is 11.6. The van der Waals surface area contributed by atoms with Gasteiger partial charge in [0.15, 0.2) is 6.61 Å². The van der Waals surface area contributed by atoms with Crippen molar-refractivity contribution < 1.29 is 19.1 Å². The summed E-state index contributed by atoms with van der Waals surface area (Å²) in [6.45, 7) is -0.427. The van der Waals surface area contributed by atoms with E-state index in [1.807, 2.05) is 0 Å². The zero-order chi connectivity index (χ0) is 19.8. The lowest BCUT2D eigenvalue weighted by atomic mass is 10.2. The van der Waals surface area contributed by atoms with Crippen LogP contribution in [0.4, 0.5) is 11.4 Å². The van der Waals surface area contributed by atoms with Gasteiger partial charge in [-0.05, 0) is 42.5 Å². The Balaban J connectivity index is 1.69. The smallest absolute Gasteiger partial charge is 0.306 e. The van der Waals surface area contributed by atoms with Crippen molar-refractivity contribution in [3.05, 3.63) is 57.0 Å². The second-order valence-electron chi connectivity index (χ2n) is 5.39. The monoisotopic (exact) mass is 472 g/mol. The van der Waals surface area contributed by atoms with Crippen LogP contribution in [-0.4, -0.2) is 24.4 Å². The van der Waals surface area contributed by atoms with E-state index in [0.717, 1.165) is 4.47 Å². The summed E-state index contributed by atoms with van der Waals surface area (Å²) in [5.74, 6) is -1.50. The molecule has 0 radical (unpaired) electrons. The molecule has 0 aliphatic carbocycles. The molecule has 0 aliphatic rings. The molecule has 2 aromatic rings. The Hall–Kier alpha value is -2.09. The lowest BCUT2D eigenvalue weighted by molar-refractivity contribution is -0.147. The first kappa shape index (κ1) is 21.2. The molecule has 0 spiro atoms. The minimum atomic E-state index is -0.648. The SMILES string of the molecule is O=C(CCC(=O)OCC(=O)Nc1ccc(Br)cc1)Nc1ccc(Cl)c(Cl)c1. The topological polar surface area (TPSA) is 84.5 Å². The zero-order valence-electron chi connectivity index (χ0n) is 13.9. The molecule has 0 heterocycles. The van der Waals surface area contributed by atoms with Crippen LogP contribution in [0.25, 0.3) is 0 Å². The Bertz CT molecular complexity index is 844. The maximum Gasteiger partial charge on any atom is 0.306 e. The molecule has 2 aromatic carbocycles. The molecule has 0 aromatic heterocycles. The molecule has 9 heteroatoms. The van der Waals surface area contributed by atoms with Crippen molar-refractivity contribution in [2.24, 2.45) is 0 Å². The number of hydrogen-bond donors (Lipinski definition) is 2. The second-order valence-corrected chi connectivity index (χ2v) is 7.12. The largest absolute Gasteiger partial charge is 0.456 e. The molecule has 0 saturated heterocycles.